The monoisotopic (exact) mass is 220 g/mol. The molecule has 90 valence electrons. The number of rotatable bonds is 2. The van der Waals surface area contributed by atoms with Gasteiger partial charge in [0.2, 0.25) is 0 Å². The Balaban J connectivity index is 2.03. The van der Waals surface area contributed by atoms with Crippen LogP contribution >= 0.6 is 0 Å². The highest BCUT2D eigenvalue weighted by Crippen LogP contribution is 2.41. The van der Waals surface area contributed by atoms with Crippen molar-refractivity contribution in [3.05, 3.63) is 23.3 Å². The lowest BCUT2D eigenvalue weighted by Gasteiger charge is -2.38. The third-order valence-electron chi connectivity index (χ3n) is 4.30. The van der Waals surface area contributed by atoms with Gasteiger partial charge in [0.25, 0.3) is 0 Å². The fourth-order valence-electron chi connectivity index (χ4n) is 3.56. The maximum atomic E-state index is 5.62. The molecule has 1 heteroatoms. The average molecular weight is 220 g/mol. The van der Waals surface area contributed by atoms with Crippen LogP contribution in [0.5, 0.6) is 0 Å². The van der Waals surface area contributed by atoms with E-state index in [4.69, 9.17) is 4.74 Å². The maximum absolute atomic E-state index is 5.62. The van der Waals surface area contributed by atoms with Gasteiger partial charge in [-0.2, -0.15) is 0 Å². The van der Waals surface area contributed by atoms with Crippen LogP contribution in [0.1, 0.15) is 40.0 Å². The molecule has 0 heterocycles. The minimum Gasteiger partial charge on any atom is -0.381 e. The average Bonchev–Trinajstić information content (AvgIpc) is 2.64. The molecule has 0 aromatic rings. The molecule has 1 fully saturated rings. The van der Waals surface area contributed by atoms with E-state index in [1.165, 1.54) is 24.8 Å². The SMILES string of the molecule is COC1C(C)CC(C2=CC(C)=CC2)CC1C. The van der Waals surface area contributed by atoms with Crippen molar-refractivity contribution in [3.63, 3.8) is 0 Å². The molecule has 1 saturated carbocycles. The Morgan fingerprint density at radius 1 is 1.19 bits per heavy atom. The standard InChI is InChI=1S/C15H24O/c1-10-5-6-13(7-10)14-8-11(2)15(16-4)12(3)9-14/h5,7,11-12,14-15H,6,8-9H2,1-4H3. The van der Waals surface area contributed by atoms with Crippen LogP contribution < -0.4 is 0 Å². The van der Waals surface area contributed by atoms with Gasteiger partial charge >= 0.3 is 0 Å². The number of allylic oxidation sites excluding steroid dienone is 4. The van der Waals surface area contributed by atoms with Gasteiger partial charge in [-0.1, -0.05) is 37.1 Å². The van der Waals surface area contributed by atoms with E-state index in [2.05, 4.69) is 32.9 Å². The molecule has 2 rings (SSSR count). The molecular weight excluding hydrogens is 196 g/mol. The van der Waals surface area contributed by atoms with Crippen molar-refractivity contribution in [2.45, 2.75) is 46.1 Å². The van der Waals surface area contributed by atoms with E-state index in [-0.39, 0.29) is 0 Å². The van der Waals surface area contributed by atoms with E-state index in [0.717, 1.165) is 5.92 Å². The highest BCUT2D eigenvalue weighted by atomic mass is 16.5. The quantitative estimate of drug-likeness (QED) is 0.684. The van der Waals surface area contributed by atoms with Crippen LogP contribution in [-0.4, -0.2) is 13.2 Å². The van der Waals surface area contributed by atoms with Crippen molar-refractivity contribution in [3.8, 4) is 0 Å². The Morgan fingerprint density at radius 2 is 1.81 bits per heavy atom. The van der Waals surface area contributed by atoms with Crippen molar-refractivity contribution in [2.24, 2.45) is 17.8 Å². The first-order chi connectivity index (χ1) is 7.61. The summed E-state index contributed by atoms with van der Waals surface area (Å²) < 4.78 is 5.62. The molecule has 0 saturated heterocycles. The predicted octanol–water partition coefficient (Wildman–Crippen LogP) is 3.96. The van der Waals surface area contributed by atoms with Gasteiger partial charge in [0, 0.05) is 7.11 Å². The Bertz CT molecular complexity index is 301. The highest BCUT2D eigenvalue weighted by molar-refractivity contribution is 5.32. The third-order valence-corrected chi connectivity index (χ3v) is 4.30. The van der Waals surface area contributed by atoms with E-state index >= 15 is 0 Å². The molecule has 1 nitrogen and oxygen atoms in total. The van der Waals surface area contributed by atoms with Crippen LogP contribution in [0.4, 0.5) is 0 Å². The first-order valence-electron chi connectivity index (χ1n) is 6.51. The van der Waals surface area contributed by atoms with Crippen LogP contribution in [-0.2, 0) is 4.74 Å². The minimum atomic E-state index is 0.465. The molecule has 0 aromatic carbocycles. The van der Waals surface area contributed by atoms with Crippen LogP contribution in [0.15, 0.2) is 23.3 Å². The second-order valence-electron chi connectivity index (χ2n) is 5.69. The Kier molecular flexibility index (Phi) is 3.53. The molecule has 0 amide bonds. The molecule has 2 aliphatic carbocycles. The summed E-state index contributed by atoms with van der Waals surface area (Å²) >= 11 is 0. The summed E-state index contributed by atoms with van der Waals surface area (Å²) in [5, 5.41) is 0. The zero-order valence-corrected chi connectivity index (χ0v) is 11.0. The van der Waals surface area contributed by atoms with Gasteiger partial charge in [-0.25, -0.2) is 0 Å². The maximum Gasteiger partial charge on any atom is 0.0622 e. The lowest BCUT2D eigenvalue weighted by Crippen LogP contribution is -2.36. The number of methoxy groups -OCH3 is 1. The zero-order valence-electron chi connectivity index (χ0n) is 11.0. The molecule has 0 N–H and O–H groups in total. The van der Waals surface area contributed by atoms with Gasteiger partial charge in [0.15, 0.2) is 0 Å². The Hall–Kier alpha value is -0.560. The van der Waals surface area contributed by atoms with E-state index in [1.807, 2.05) is 7.11 Å². The summed E-state index contributed by atoms with van der Waals surface area (Å²) in [6.45, 7) is 6.89. The largest absolute Gasteiger partial charge is 0.381 e. The molecule has 0 bridgehead atoms. The van der Waals surface area contributed by atoms with Crippen LogP contribution in [0, 0.1) is 17.8 Å². The van der Waals surface area contributed by atoms with Crippen molar-refractivity contribution in [2.75, 3.05) is 7.11 Å². The smallest absolute Gasteiger partial charge is 0.0622 e. The Morgan fingerprint density at radius 3 is 2.25 bits per heavy atom. The summed E-state index contributed by atoms with van der Waals surface area (Å²) in [6, 6.07) is 0. The first kappa shape index (κ1) is 11.9. The van der Waals surface area contributed by atoms with Crippen molar-refractivity contribution < 1.29 is 4.74 Å². The molecule has 0 radical (unpaired) electrons. The molecule has 2 atom stereocenters. The summed E-state index contributed by atoms with van der Waals surface area (Å²) in [5.41, 5.74) is 3.11. The topological polar surface area (TPSA) is 9.23 Å². The van der Waals surface area contributed by atoms with Gasteiger partial charge in [-0.05, 0) is 43.9 Å². The molecule has 16 heavy (non-hydrogen) atoms. The van der Waals surface area contributed by atoms with E-state index < -0.39 is 0 Å². The molecular formula is C15H24O. The van der Waals surface area contributed by atoms with Gasteiger partial charge in [0.1, 0.15) is 0 Å². The summed E-state index contributed by atoms with van der Waals surface area (Å²) in [7, 11) is 1.86. The van der Waals surface area contributed by atoms with Gasteiger partial charge in [-0.3, -0.25) is 0 Å². The molecule has 0 aliphatic heterocycles. The summed E-state index contributed by atoms with van der Waals surface area (Å²) in [5.74, 6) is 2.19. The molecule has 2 unspecified atom stereocenters. The molecule has 0 aromatic heterocycles. The first-order valence-corrected chi connectivity index (χ1v) is 6.51. The molecule has 2 aliphatic rings. The number of hydrogen-bond donors (Lipinski definition) is 0. The second kappa shape index (κ2) is 4.75. The van der Waals surface area contributed by atoms with Crippen LogP contribution in [0.2, 0.25) is 0 Å². The van der Waals surface area contributed by atoms with Crippen LogP contribution in [0.3, 0.4) is 0 Å². The van der Waals surface area contributed by atoms with E-state index in [9.17, 15) is 0 Å². The predicted molar refractivity (Wildman–Crippen MR) is 68.3 cm³/mol. The third kappa shape index (κ3) is 2.24. The number of hydrogen-bond acceptors (Lipinski definition) is 1. The fraction of sp³-hybridized carbons (Fsp3) is 0.733. The van der Waals surface area contributed by atoms with Gasteiger partial charge < -0.3 is 4.74 Å². The summed E-state index contributed by atoms with van der Waals surface area (Å²) in [4.78, 5) is 0. The van der Waals surface area contributed by atoms with Crippen molar-refractivity contribution in [1.82, 2.24) is 0 Å². The van der Waals surface area contributed by atoms with Gasteiger partial charge in [-0.15, -0.1) is 0 Å². The van der Waals surface area contributed by atoms with Crippen molar-refractivity contribution >= 4 is 0 Å². The van der Waals surface area contributed by atoms with Crippen LogP contribution in [0.25, 0.3) is 0 Å². The highest BCUT2D eigenvalue weighted by Gasteiger charge is 2.34. The molecule has 0 spiro atoms. The normalized spacial score (nSPS) is 39.5. The second-order valence-corrected chi connectivity index (χ2v) is 5.69. The fourth-order valence-corrected chi connectivity index (χ4v) is 3.56. The zero-order chi connectivity index (χ0) is 11.7. The minimum absolute atomic E-state index is 0.465. The lowest BCUT2D eigenvalue weighted by molar-refractivity contribution is -0.0187. The Labute approximate surface area is 99.6 Å². The van der Waals surface area contributed by atoms with Crippen molar-refractivity contribution in [1.29, 1.82) is 0 Å². The van der Waals surface area contributed by atoms with E-state index in [0.29, 0.717) is 17.9 Å². The summed E-state index contributed by atoms with van der Waals surface area (Å²) in [6.07, 6.45) is 9.01. The van der Waals surface area contributed by atoms with E-state index in [1.54, 1.807) is 5.57 Å². The van der Waals surface area contributed by atoms with Gasteiger partial charge in [0.05, 0.1) is 6.10 Å². The lowest BCUT2D eigenvalue weighted by atomic mass is 9.71. The number of ether oxygens (including phenoxy) is 1.